The fourth-order valence-corrected chi connectivity index (χ4v) is 4.26. The number of hydrogen-bond donors (Lipinski definition) is 1. The number of ether oxygens (including phenoxy) is 2. The Balaban J connectivity index is 1.39. The van der Waals surface area contributed by atoms with E-state index in [1.54, 1.807) is 25.2 Å². The number of carbonyl (C=O) groups excluding carboxylic acids is 1. The van der Waals surface area contributed by atoms with Gasteiger partial charge in [-0.3, -0.25) is 0 Å². The molecule has 5 rings (SSSR count). The molecule has 2 amide bonds. The molecule has 1 aliphatic rings. The number of benzene rings is 2. The summed E-state index contributed by atoms with van der Waals surface area (Å²) in [6, 6.07) is 12.7. The molecule has 0 atom stereocenters. The van der Waals surface area contributed by atoms with E-state index in [2.05, 4.69) is 20.4 Å². The Morgan fingerprint density at radius 3 is 2.68 bits per heavy atom. The summed E-state index contributed by atoms with van der Waals surface area (Å²) in [6.07, 6.45) is 0. The number of hydrogen-bond acceptors (Lipinski definition) is 7. The summed E-state index contributed by atoms with van der Waals surface area (Å²) in [4.78, 5) is 21.6. The SMILES string of the molecule is COCc1nnc2c3ccc(Cl)cc3nc(N3CCN(C(=O)Nc4cccc(OC)c4)CC3)n12. The molecule has 11 heteroatoms. The minimum atomic E-state index is -0.152. The van der Waals surface area contributed by atoms with Crippen LogP contribution in [0.3, 0.4) is 0 Å². The molecule has 1 fully saturated rings. The Morgan fingerprint density at radius 2 is 1.91 bits per heavy atom. The van der Waals surface area contributed by atoms with Crippen LogP contribution in [0, 0.1) is 0 Å². The number of urea groups is 1. The number of amides is 2. The van der Waals surface area contributed by atoms with E-state index in [4.69, 9.17) is 26.1 Å². The van der Waals surface area contributed by atoms with Crippen LogP contribution in [0.5, 0.6) is 5.75 Å². The standard InChI is InChI=1S/C23H24ClN7O3/c1-33-14-20-27-28-21-18-7-6-15(24)12-19(18)26-22(31(20)21)29-8-10-30(11-9-29)23(32)25-16-4-3-5-17(13-16)34-2/h3-7,12-13H,8-11,14H2,1-2H3,(H,25,32). The zero-order valence-corrected chi connectivity index (χ0v) is 19.6. The van der Waals surface area contributed by atoms with Crippen molar-refractivity contribution >= 4 is 45.8 Å². The molecule has 0 aliphatic carbocycles. The quantitative estimate of drug-likeness (QED) is 0.466. The summed E-state index contributed by atoms with van der Waals surface area (Å²) in [5.74, 6) is 2.06. The molecule has 176 valence electrons. The summed E-state index contributed by atoms with van der Waals surface area (Å²) in [6.45, 7) is 2.58. The van der Waals surface area contributed by atoms with E-state index in [1.165, 1.54) is 0 Å². The highest BCUT2D eigenvalue weighted by Crippen LogP contribution is 2.27. The number of halogens is 1. The third-order valence-corrected chi connectivity index (χ3v) is 6.03. The molecule has 0 radical (unpaired) electrons. The zero-order valence-electron chi connectivity index (χ0n) is 18.9. The first-order chi connectivity index (χ1) is 16.6. The maximum absolute atomic E-state index is 12.8. The average Bonchev–Trinajstić information content (AvgIpc) is 3.27. The van der Waals surface area contributed by atoms with Gasteiger partial charge in [-0.25, -0.2) is 14.2 Å². The number of piperazine rings is 1. The molecule has 1 aliphatic heterocycles. The lowest BCUT2D eigenvalue weighted by Gasteiger charge is -2.35. The molecule has 1 saturated heterocycles. The van der Waals surface area contributed by atoms with Gasteiger partial charge in [-0.2, -0.15) is 0 Å². The first kappa shape index (κ1) is 22.2. The number of carbonyl (C=O) groups is 1. The van der Waals surface area contributed by atoms with Gasteiger partial charge in [-0.1, -0.05) is 17.7 Å². The van der Waals surface area contributed by atoms with Crippen molar-refractivity contribution in [3.05, 3.63) is 53.3 Å². The van der Waals surface area contributed by atoms with E-state index >= 15 is 0 Å². The summed E-state index contributed by atoms with van der Waals surface area (Å²) < 4.78 is 12.5. The highest BCUT2D eigenvalue weighted by atomic mass is 35.5. The van der Waals surface area contributed by atoms with Crippen LogP contribution in [0.2, 0.25) is 5.02 Å². The highest BCUT2D eigenvalue weighted by Gasteiger charge is 2.26. The maximum Gasteiger partial charge on any atom is 0.321 e. The number of rotatable bonds is 5. The van der Waals surface area contributed by atoms with Gasteiger partial charge in [0.05, 0.1) is 12.6 Å². The van der Waals surface area contributed by atoms with Crippen LogP contribution in [0.25, 0.3) is 16.6 Å². The van der Waals surface area contributed by atoms with Gasteiger partial charge in [0.25, 0.3) is 0 Å². The second-order valence-corrected chi connectivity index (χ2v) is 8.35. The molecule has 34 heavy (non-hydrogen) atoms. The molecule has 0 bridgehead atoms. The molecule has 10 nitrogen and oxygen atoms in total. The van der Waals surface area contributed by atoms with Crippen molar-refractivity contribution in [3.8, 4) is 5.75 Å². The Bertz CT molecular complexity index is 1350. The van der Waals surface area contributed by atoms with E-state index < -0.39 is 0 Å². The molecular formula is C23H24ClN7O3. The smallest absolute Gasteiger partial charge is 0.321 e. The van der Waals surface area contributed by atoms with Crippen LogP contribution >= 0.6 is 11.6 Å². The predicted octanol–water partition coefficient (Wildman–Crippen LogP) is 3.44. The number of nitrogens with zero attached hydrogens (tertiary/aromatic N) is 6. The van der Waals surface area contributed by atoms with Crippen molar-refractivity contribution in [2.45, 2.75) is 6.61 Å². The number of fused-ring (bicyclic) bond motifs is 3. The van der Waals surface area contributed by atoms with Crippen LogP contribution in [-0.4, -0.2) is 70.9 Å². The predicted molar refractivity (Wildman–Crippen MR) is 130 cm³/mol. The summed E-state index contributed by atoms with van der Waals surface area (Å²) >= 11 is 6.23. The highest BCUT2D eigenvalue weighted by molar-refractivity contribution is 6.31. The monoisotopic (exact) mass is 481 g/mol. The number of aromatic nitrogens is 4. The van der Waals surface area contributed by atoms with Gasteiger partial charge >= 0.3 is 6.03 Å². The lowest BCUT2D eigenvalue weighted by molar-refractivity contribution is 0.177. The van der Waals surface area contributed by atoms with Gasteiger partial charge in [-0.15, -0.1) is 10.2 Å². The molecule has 0 unspecified atom stereocenters. The Kier molecular flexibility index (Phi) is 6.08. The van der Waals surface area contributed by atoms with E-state index in [1.807, 2.05) is 40.8 Å². The van der Waals surface area contributed by atoms with E-state index in [9.17, 15) is 4.79 Å². The van der Waals surface area contributed by atoms with Crippen LogP contribution in [0.1, 0.15) is 5.82 Å². The van der Waals surface area contributed by atoms with Gasteiger partial charge in [0.1, 0.15) is 12.4 Å². The Hall–Kier alpha value is -3.63. The summed E-state index contributed by atoms with van der Waals surface area (Å²) in [5, 5.41) is 13.1. The van der Waals surface area contributed by atoms with Gasteiger partial charge in [0.2, 0.25) is 5.95 Å². The number of nitrogens with one attached hydrogen (secondary N) is 1. The van der Waals surface area contributed by atoms with Gasteiger partial charge in [0.15, 0.2) is 11.5 Å². The topological polar surface area (TPSA) is 97.1 Å². The molecule has 2 aromatic heterocycles. The minimum absolute atomic E-state index is 0.152. The molecule has 0 spiro atoms. The number of anilines is 2. The van der Waals surface area contributed by atoms with Crippen molar-refractivity contribution in [1.29, 1.82) is 0 Å². The maximum atomic E-state index is 12.8. The van der Waals surface area contributed by atoms with Gasteiger partial charge in [0, 0.05) is 55.5 Å². The van der Waals surface area contributed by atoms with Crippen LogP contribution in [-0.2, 0) is 11.3 Å². The summed E-state index contributed by atoms with van der Waals surface area (Å²) in [5.41, 5.74) is 2.13. The second-order valence-electron chi connectivity index (χ2n) is 7.92. The fraction of sp³-hybridized carbons (Fsp3) is 0.304. The lowest BCUT2D eigenvalue weighted by atomic mass is 10.2. The fourth-order valence-electron chi connectivity index (χ4n) is 4.09. The van der Waals surface area contributed by atoms with Crippen molar-refractivity contribution in [2.75, 3.05) is 50.6 Å². The van der Waals surface area contributed by atoms with Gasteiger partial charge < -0.3 is 24.6 Å². The van der Waals surface area contributed by atoms with Crippen molar-refractivity contribution < 1.29 is 14.3 Å². The van der Waals surface area contributed by atoms with Crippen LogP contribution in [0.15, 0.2) is 42.5 Å². The Labute approximate surface area is 201 Å². The third kappa shape index (κ3) is 4.17. The first-order valence-electron chi connectivity index (χ1n) is 10.8. The zero-order chi connectivity index (χ0) is 23.7. The molecule has 1 N–H and O–H groups in total. The molecule has 3 heterocycles. The van der Waals surface area contributed by atoms with Gasteiger partial charge in [-0.05, 0) is 30.3 Å². The van der Waals surface area contributed by atoms with E-state index in [0.29, 0.717) is 66.7 Å². The third-order valence-electron chi connectivity index (χ3n) is 5.80. The minimum Gasteiger partial charge on any atom is -0.497 e. The largest absolute Gasteiger partial charge is 0.497 e. The van der Waals surface area contributed by atoms with Crippen molar-refractivity contribution in [2.24, 2.45) is 0 Å². The number of methoxy groups -OCH3 is 2. The second kappa shape index (κ2) is 9.32. The lowest BCUT2D eigenvalue weighted by Crippen LogP contribution is -2.50. The van der Waals surface area contributed by atoms with Crippen LogP contribution in [0.4, 0.5) is 16.4 Å². The normalized spacial score (nSPS) is 14.1. The Morgan fingerprint density at radius 1 is 1.09 bits per heavy atom. The molecule has 2 aromatic carbocycles. The van der Waals surface area contributed by atoms with Crippen molar-refractivity contribution in [3.63, 3.8) is 0 Å². The first-order valence-corrected chi connectivity index (χ1v) is 11.2. The van der Waals surface area contributed by atoms with Crippen molar-refractivity contribution in [1.82, 2.24) is 24.5 Å². The van der Waals surface area contributed by atoms with E-state index in [0.717, 1.165) is 10.9 Å². The molecular weight excluding hydrogens is 458 g/mol. The summed E-state index contributed by atoms with van der Waals surface area (Å²) in [7, 11) is 3.22. The molecule has 0 saturated carbocycles. The average molecular weight is 482 g/mol. The van der Waals surface area contributed by atoms with Crippen LogP contribution < -0.4 is 15.0 Å². The van der Waals surface area contributed by atoms with E-state index in [-0.39, 0.29) is 6.03 Å². The molecule has 4 aromatic rings.